The molecule has 0 aromatic carbocycles. The van der Waals surface area contributed by atoms with Gasteiger partial charge in [-0.05, 0) is 31.6 Å². The molecule has 1 fully saturated rings. The van der Waals surface area contributed by atoms with Crippen LogP contribution in [0.1, 0.15) is 47.0 Å². The number of carbonyl (C=O) groups excluding carboxylic acids is 1. The van der Waals surface area contributed by atoms with Gasteiger partial charge in [-0.15, -0.1) is 0 Å². The van der Waals surface area contributed by atoms with E-state index in [9.17, 15) is 9.90 Å². The molecular weight excluding hydrogens is 240 g/mol. The summed E-state index contributed by atoms with van der Waals surface area (Å²) >= 11 is 0. The van der Waals surface area contributed by atoms with E-state index in [1.54, 1.807) is 7.11 Å². The molecule has 4 atom stereocenters. The van der Waals surface area contributed by atoms with Crippen molar-refractivity contribution in [2.45, 2.75) is 59.2 Å². The van der Waals surface area contributed by atoms with Crippen LogP contribution in [0.2, 0.25) is 0 Å². The fourth-order valence-corrected chi connectivity index (χ4v) is 2.83. The number of ether oxygens (including phenoxy) is 1. The van der Waals surface area contributed by atoms with E-state index in [0.717, 1.165) is 18.4 Å². The first-order valence-electron chi connectivity index (χ1n) is 7.28. The maximum Gasteiger partial charge on any atom is 0.143 e. The van der Waals surface area contributed by atoms with Crippen LogP contribution in [0.15, 0.2) is 11.6 Å². The van der Waals surface area contributed by atoms with Crippen LogP contribution < -0.4 is 0 Å². The third-order valence-corrected chi connectivity index (χ3v) is 4.09. The van der Waals surface area contributed by atoms with Gasteiger partial charge >= 0.3 is 0 Å². The number of hydrogen-bond acceptors (Lipinski definition) is 3. The van der Waals surface area contributed by atoms with Crippen molar-refractivity contribution in [1.82, 2.24) is 0 Å². The molecule has 0 saturated heterocycles. The van der Waals surface area contributed by atoms with E-state index in [2.05, 4.69) is 19.9 Å². The normalized spacial score (nSPS) is 33.0. The van der Waals surface area contributed by atoms with E-state index in [4.69, 9.17) is 4.74 Å². The number of Topliss-reactive ketones (excluding diaryl/α,β-unsaturated/α-hetero) is 1. The Morgan fingerprint density at radius 1 is 1.53 bits per heavy atom. The largest absolute Gasteiger partial charge is 0.390 e. The molecule has 0 amide bonds. The smallest absolute Gasteiger partial charge is 0.143 e. The SMILES string of the molecule is COC1C(/C(C)=C/CCC(C)C)C(=O)CC(C)C1O. The molecule has 110 valence electrons. The lowest BCUT2D eigenvalue weighted by Gasteiger charge is -2.37. The second-order valence-corrected chi connectivity index (χ2v) is 6.24. The van der Waals surface area contributed by atoms with Gasteiger partial charge in [-0.3, -0.25) is 4.79 Å². The van der Waals surface area contributed by atoms with Crippen molar-refractivity contribution >= 4 is 5.78 Å². The molecule has 0 bridgehead atoms. The molecule has 0 spiro atoms. The summed E-state index contributed by atoms with van der Waals surface area (Å²) in [6, 6.07) is 0. The number of carbonyl (C=O) groups is 1. The lowest BCUT2D eigenvalue weighted by Crippen LogP contribution is -2.48. The molecule has 1 saturated carbocycles. The van der Waals surface area contributed by atoms with Crippen LogP contribution >= 0.6 is 0 Å². The highest BCUT2D eigenvalue weighted by Gasteiger charge is 2.42. The molecule has 3 nitrogen and oxygen atoms in total. The zero-order valence-corrected chi connectivity index (χ0v) is 12.8. The van der Waals surface area contributed by atoms with Crippen molar-refractivity contribution < 1.29 is 14.6 Å². The maximum absolute atomic E-state index is 12.2. The van der Waals surface area contributed by atoms with Crippen LogP contribution in [0.3, 0.4) is 0 Å². The summed E-state index contributed by atoms with van der Waals surface area (Å²) in [6.45, 7) is 8.27. The van der Waals surface area contributed by atoms with E-state index in [1.807, 2.05) is 13.8 Å². The predicted octanol–water partition coefficient (Wildman–Crippen LogP) is 2.97. The molecule has 0 aromatic rings. The molecule has 3 heteroatoms. The molecule has 1 aliphatic rings. The Labute approximate surface area is 117 Å². The molecule has 0 aliphatic heterocycles. The first kappa shape index (κ1) is 16.4. The van der Waals surface area contributed by atoms with Crippen LogP contribution in [-0.4, -0.2) is 30.2 Å². The summed E-state index contributed by atoms with van der Waals surface area (Å²) in [5, 5.41) is 10.2. The Balaban J connectivity index is 2.79. The number of methoxy groups -OCH3 is 1. The molecule has 1 rings (SSSR count). The Morgan fingerprint density at radius 3 is 2.68 bits per heavy atom. The Bertz CT molecular complexity index is 333. The van der Waals surface area contributed by atoms with E-state index in [-0.39, 0.29) is 17.6 Å². The van der Waals surface area contributed by atoms with Gasteiger partial charge in [0.05, 0.1) is 18.1 Å². The topological polar surface area (TPSA) is 46.5 Å². The average molecular weight is 268 g/mol. The molecular formula is C16H28O3. The third-order valence-electron chi connectivity index (χ3n) is 4.09. The zero-order chi connectivity index (χ0) is 14.6. The second kappa shape index (κ2) is 7.20. The summed E-state index contributed by atoms with van der Waals surface area (Å²) in [7, 11) is 1.58. The number of ketones is 1. The monoisotopic (exact) mass is 268 g/mol. The molecule has 19 heavy (non-hydrogen) atoms. The van der Waals surface area contributed by atoms with Crippen molar-refractivity contribution in [3.8, 4) is 0 Å². The van der Waals surface area contributed by atoms with E-state index >= 15 is 0 Å². The summed E-state index contributed by atoms with van der Waals surface area (Å²) < 4.78 is 5.39. The molecule has 0 aromatic heterocycles. The van der Waals surface area contributed by atoms with Gasteiger partial charge in [0.15, 0.2) is 0 Å². The Kier molecular flexibility index (Phi) is 6.21. The minimum Gasteiger partial charge on any atom is -0.390 e. The molecule has 0 heterocycles. The zero-order valence-electron chi connectivity index (χ0n) is 12.8. The van der Waals surface area contributed by atoms with Gasteiger partial charge in [-0.2, -0.15) is 0 Å². The van der Waals surface area contributed by atoms with Crippen molar-refractivity contribution in [1.29, 1.82) is 0 Å². The van der Waals surface area contributed by atoms with Crippen LogP contribution in [-0.2, 0) is 9.53 Å². The molecule has 4 unspecified atom stereocenters. The number of aliphatic hydroxyl groups is 1. The van der Waals surface area contributed by atoms with Crippen molar-refractivity contribution in [3.63, 3.8) is 0 Å². The highest BCUT2D eigenvalue weighted by Crippen LogP contribution is 2.33. The van der Waals surface area contributed by atoms with Crippen LogP contribution in [0.4, 0.5) is 0 Å². The molecule has 1 N–H and O–H groups in total. The number of hydrogen-bond donors (Lipinski definition) is 1. The van der Waals surface area contributed by atoms with Crippen LogP contribution in [0, 0.1) is 17.8 Å². The number of aliphatic hydroxyl groups excluding tert-OH is 1. The van der Waals surface area contributed by atoms with Gasteiger partial charge in [0.1, 0.15) is 5.78 Å². The summed E-state index contributed by atoms with van der Waals surface area (Å²) in [5.74, 6) is 0.568. The highest BCUT2D eigenvalue weighted by atomic mass is 16.5. The first-order chi connectivity index (χ1) is 8.88. The quantitative estimate of drug-likeness (QED) is 0.780. The van der Waals surface area contributed by atoms with Crippen molar-refractivity contribution in [2.24, 2.45) is 17.8 Å². The van der Waals surface area contributed by atoms with Gasteiger partial charge in [-0.1, -0.05) is 32.4 Å². The van der Waals surface area contributed by atoms with Crippen molar-refractivity contribution in [3.05, 3.63) is 11.6 Å². The third kappa shape index (κ3) is 4.15. The first-order valence-corrected chi connectivity index (χ1v) is 7.28. The second-order valence-electron chi connectivity index (χ2n) is 6.24. The lowest BCUT2D eigenvalue weighted by atomic mass is 9.74. The average Bonchev–Trinajstić information content (AvgIpc) is 2.32. The van der Waals surface area contributed by atoms with Crippen molar-refractivity contribution in [2.75, 3.05) is 7.11 Å². The van der Waals surface area contributed by atoms with Gasteiger partial charge in [-0.25, -0.2) is 0 Å². The number of rotatable bonds is 5. The summed E-state index contributed by atoms with van der Waals surface area (Å²) in [5.41, 5.74) is 1.04. The van der Waals surface area contributed by atoms with E-state index < -0.39 is 12.2 Å². The summed E-state index contributed by atoms with van der Waals surface area (Å²) in [6.07, 6.45) is 3.73. The van der Waals surface area contributed by atoms with Gasteiger partial charge in [0.25, 0.3) is 0 Å². The predicted molar refractivity (Wildman–Crippen MR) is 76.9 cm³/mol. The minimum atomic E-state index is -0.554. The molecule has 1 aliphatic carbocycles. The highest BCUT2D eigenvalue weighted by molar-refractivity contribution is 5.85. The fraction of sp³-hybridized carbons (Fsp3) is 0.812. The fourth-order valence-electron chi connectivity index (χ4n) is 2.83. The lowest BCUT2D eigenvalue weighted by molar-refractivity contribution is -0.142. The van der Waals surface area contributed by atoms with Gasteiger partial charge in [0, 0.05) is 13.5 Å². The van der Waals surface area contributed by atoms with Crippen LogP contribution in [0.25, 0.3) is 0 Å². The number of allylic oxidation sites excluding steroid dienone is 1. The minimum absolute atomic E-state index is 0.0165. The van der Waals surface area contributed by atoms with Crippen LogP contribution in [0.5, 0.6) is 0 Å². The van der Waals surface area contributed by atoms with Gasteiger partial charge in [0.2, 0.25) is 0 Å². The van der Waals surface area contributed by atoms with E-state index in [0.29, 0.717) is 12.3 Å². The standard InChI is InChI=1S/C16H28O3/c1-10(2)7-6-8-11(3)14-13(17)9-12(4)15(18)16(14)19-5/h8,10,12,14-16,18H,6-7,9H2,1-5H3/b11-8+. The van der Waals surface area contributed by atoms with Gasteiger partial charge < -0.3 is 9.84 Å². The maximum atomic E-state index is 12.2. The Hall–Kier alpha value is -0.670. The van der Waals surface area contributed by atoms with E-state index in [1.165, 1.54) is 0 Å². The molecule has 0 radical (unpaired) electrons. The summed E-state index contributed by atoms with van der Waals surface area (Å²) in [4.78, 5) is 12.2. The Morgan fingerprint density at radius 2 is 2.16 bits per heavy atom.